The number of carbonyl (C=O) groups is 1. The number of imidazole rings is 1. The maximum atomic E-state index is 12.6. The van der Waals surface area contributed by atoms with E-state index >= 15 is 0 Å². The first-order valence-electron chi connectivity index (χ1n) is 7.94. The summed E-state index contributed by atoms with van der Waals surface area (Å²) in [4.78, 5) is 20.0. The Kier molecular flexibility index (Phi) is 3.51. The molecule has 0 radical (unpaired) electrons. The third-order valence-electron chi connectivity index (χ3n) is 4.13. The van der Waals surface area contributed by atoms with Crippen LogP contribution in [0.25, 0.3) is 21.9 Å². The third kappa shape index (κ3) is 2.64. The molecular formula is C18H17N5O2. The van der Waals surface area contributed by atoms with Crippen LogP contribution in [0.1, 0.15) is 29.3 Å². The molecule has 25 heavy (non-hydrogen) atoms. The fourth-order valence-electron chi connectivity index (χ4n) is 2.88. The minimum Gasteiger partial charge on any atom is -0.385 e. The monoisotopic (exact) mass is 335 g/mol. The van der Waals surface area contributed by atoms with E-state index in [1.165, 1.54) is 0 Å². The van der Waals surface area contributed by atoms with Gasteiger partial charge in [0.15, 0.2) is 5.69 Å². The van der Waals surface area contributed by atoms with Crippen LogP contribution < -0.4 is 5.32 Å². The van der Waals surface area contributed by atoms with Crippen molar-refractivity contribution in [3.63, 3.8) is 0 Å². The van der Waals surface area contributed by atoms with Crippen molar-refractivity contribution in [2.45, 2.75) is 13.0 Å². The lowest BCUT2D eigenvalue weighted by atomic mass is 10.2. The molecule has 126 valence electrons. The summed E-state index contributed by atoms with van der Waals surface area (Å²) in [6.07, 6.45) is -0.676. The Labute approximate surface area is 143 Å². The van der Waals surface area contributed by atoms with Crippen molar-refractivity contribution in [3.05, 3.63) is 54.0 Å². The molecule has 1 atom stereocenters. The number of H-pyrrole nitrogens is 1. The van der Waals surface area contributed by atoms with Crippen LogP contribution in [-0.2, 0) is 7.05 Å². The van der Waals surface area contributed by atoms with Crippen molar-refractivity contribution in [1.29, 1.82) is 0 Å². The zero-order chi connectivity index (χ0) is 17.6. The fourth-order valence-corrected chi connectivity index (χ4v) is 2.88. The molecular weight excluding hydrogens is 318 g/mol. The molecule has 0 saturated heterocycles. The van der Waals surface area contributed by atoms with Gasteiger partial charge in [0.05, 0.1) is 16.6 Å². The summed E-state index contributed by atoms with van der Waals surface area (Å²) in [5.74, 6) is 0.223. The van der Waals surface area contributed by atoms with Gasteiger partial charge in [0.1, 0.15) is 11.9 Å². The molecule has 3 N–H and O–H groups in total. The van der Waals surface area contributed by atoms with Gasteiger partial charge < -0.3 is 15.4 Å². The van der Waals surface area contributed by atoms with Crippen LogP contribution in [0.15, 0.2) is 42.5 Å². The SMILES string of the molecule is CC(O)c1nc2ccc(NC(=O)c3nn(C)c4ccccc34)cc2[nH]1. The Morgan fingerprint density at radius 2 is 2.08 bits per heavy atom. The molecule has 2 aromatic carbocycles. The highest BCUT2D eigenvalue weighted by Gasteiger charge is 2.16. The van der Waals surface area contributed by atoms with Crippen molar-refractivity contribution in [2.24, 2.45) is 7.05 Å². The summed E-state index contributed by atoms with van der Waals surface area (Å²) in [7, 11) is 1.81. The number of aromatic amines is 1. The van der Waals surface area contributed by atoms with Crippen LogP contribution in [0, 0.1) is 0 Å². The van der Waals surface area contributed by atoms with Crippen LogP contribution in [0.2, 0.25) is 0 Å². The van der Waals surface area contributed by atoms with E-state index in [-0.39, 0.29) is 5.91 Å². The van der Waals surface area contributed by atoms with Crippen molar-refractivity contribution in [3.8, 4) is 0 Å². The summed E-state index contributed by atoms with van der Waals surface area (Å²) in [5.41, 5.74) is 3.40. The average molecular weight is 335 g/mol. The molecule has 0 fully saturated rings. The predicted octanol–water partition coefficient (Wildman–Crippen LogP) is 2.76. The van der Waals surface area contributed by atoms with Gasteiger partial charge in [-0.1, -0.05) is 18.2 Å². The molecule has 2 aromatic heterocycles. The number of nitrogens with one attached hydrogen (secondary N) is 2. The molecule has 1 amide bonds. The van der Waals surface area contributed by atoms with Gasteiger partial charge in [-0.3, -0.25) is 9.48 Å². The van der Waals surface area contributed by atoms with Gasteiger partial charge in [-0.2, -0.15) is 5.10 Å². The molecule has 0 spiro atoms. The summed E-state index contributed by atoms with van der Waals surface area (Å²) < 4.78 is 1.69. The lowest BCUT2D eigenvalue weighted by Gasteiger charge is -2.03. The van der Waals surface area contributed by atoms with Gasteiger partial charge in [0.25, 0.3) is 5.91 Å². The first kappa shape index (κ1) is 15.3. The average Bonchev–Trinajstić information content (AvgIpc) is 3.16. The number of aliphatic hydroxyl groups is 1. The Morgan fingerprint density at radius 3 is 2.88 bits per heavy atom. The molecule has 7 nitrogen and oxygen atoms in total. The van der Waals surface area contributed by atoms with Crippen molar-refractivity contribution in [2.75, 3.05) is 5.32 Å². The smallest absolute Gasteiger partial charge is 0.276 e. The van der Waals surface area contributed by atoms with Crippen molar-refractivity contribution in [1.82, 2.24) is 19.7 Å². The van der Waals surface area contributed by atoms with Crippen LogP contribution >= 0.6 is 0 Å². The highest BCUT2D eigenvalue weighted by atomic mass is 16.3. The van der Waals surface area contributed by atoms with E-state index in [4.69, 9.17) is 0 Å². The molecule has 4 rings (SSSR count). The van der Waals surface area contributed by atoms with Crippen LogP contribution in [0.4, 0.5) is 5.69 Å². The second-order valence-corrected chi connectivity index (χ2v) is 5.97. The number of amides is 1. The molecule has 0 aliphatic heterocycles. The molecule has 0 bridgehead atoms. The van der Waals surface area contributed by atoms with Crippen molar-refractivity contribution >= 4 is 33.5 Å². The second kappa shape index (κ2) is 5.71. The largest absolute Gasteiger partial charge is 0.385 e. The number of aromatic nitrogens is 4. The Bertz CT molecular complexity index is 1090. The van der Waals surface area contributed by atoms with Gasteiger partial charge in [-0.25, -0.2) is 4.98 Å². The minimum atomic E-state index is -0.676. The Balaban J connectivity index is 1.67. The quantitative estimate of drug-likeness (QED) is 0.536. The lowest BCUT2D eigenvalue weighted by molar-refractivity contribution is 0.102. The maximum Gasteiger partial charge on any atom is 0.276 e. The number of carbonyl (C=O) groups excluding carboxylic acids is 1. The highest BCUT2D eigenvalue weighted by Crippen LogP contribution is 2.22. The van der Waals surface area contributed by atoms with Gasteiger partial charge in [-0.05, 0) is 31.2 Å². The molecule has 4 aromatic rings. The Hall–Kier alpha value is -3.19. The molecule has 0 aliphatic rings. The zero-order valence-corrected chi connectivity index (χ0v) is 13.8. The van der Waals surface area contributed by atoms with Gasteiger partial charge in [0.2, 0.25) is 0 Å². The van der Waals surface area contributed by atoms with E-state index in [9.17, 15) is 9.90 Å². The molecule has 0 saturated carbocycles. The van der Waals surface area contributed by atoms with Crippen molar-refractivity contribution < 1.29 is 9.90 Å². The molecule has 0 aliphatic carbocycles. The molecule has 7 heteroatoms. The standard InChI is InChI=1S/C18H17N5O2/c1-10(24)17-20-13-8-7-11(9-14(13)21-17)19-18(25)16-12-5-3-4-6-15(12)23(2)22-16/h3-10,24H,1-2H3,(H,19,25)(H,20,21). The number of aryl methyl sites for hydroxylation is 1. The molecule has 1 unspecified atom stereocenters. The van der Waals surface area contributed by atoms with Crippen LogP contribution in [0.5, 0.6) is 0 Å². The zero-order valence-electron chi connectivity index (χ0n) is 13.8. The number of aliphatic hydroxyl groups excluding tert-OH is 1. The number of hydrogen-bond donors (Lipinski definition) is 3. The summed E-state index contributed by atoms with van der Waals surface area (Å²) >= 11 is 0. The van der Waals surface area contributed by atoms with E-state index in [1.54, 1.807) is 29.8 Å². The van der Waals surface area contributed by atoms with Gasteiger partial charge in [0, 0.05) is 18.1 Å². The topological polar surface area (TPSA) is 95.8 Å². The lowest BCUT2D eigenvalue weighted by Crippen LogP contribution is -2.13. The van der Waals surface area contributed by atoms with Crippen LogP contribution in [-0.4, -0.2) is 30.8 Å². The van der Waals surface area contributed by atoms with Crippen LogP contribution in [0.3, 0.4) is 0 Å². The summed E-state index contributed by atoms with van der Waals surface area (Å²) in [5, 5.41) is 17.6. The number of hydrogen-bond acceptors (Lipinski definition) is 4. The number of para-hydroxylation sites is 1. The van der Waals surface area contributed by atoms with E-state index in [0.717, 1.165) is 21.9 Å². The second-order valence-electron chi connectivity index (χ2n) is 5.97. The number of nitrogens with zero attached hydrogens (tertiary/aromatic N) is 3. The maximum absolute atomic E-state index is 12.6. The van der Waals surface area contributed by atoms with Gasteiger partial charge in [-0.15, -0.1) is 0 Å². The van der Waals surface area contributed by atoms with E-state index < -0.39 is 6.10 Å². The first-order chi connectivity index (χ1) is 12.0. The third-order valence-corrected chi connectivity index (χ3v) is 4.13. The predicted molar refractivity (Wildman–Crippen MR) is 95.4 cm³/mol. The Morgan fingerprint density at radius 1 is 1.28 bits per heavy atom. The van der Waals surface area contributed by atoms with Gasteiger partial charge >= 0.3 is 0 Å². The first-order valence-corrected chi connectivity index (χ1v) is 7.94. The van der Waals surface area contributed by atoms with E-state index in [2.05, 4.69) is 20.4 Å². The highest BCUT2D eigenvalue weighted by molar-refractivity contribution is 6.11. The number of fused-ring (bicyclic) bond motifs is 2. The summed E-state index contributed by atoms with van der Waals surface area (Å²) in [6, 6.07) is 13.0. The normalized spacial score (nSPS) is 12.6. The van der Waals surface area contributed by atoms with E-state index in [1.807, 2.05) is 31.3 Å². The number of benzene rings is 2. The fraction of sp³-hybridized carbons (Fsp3) is 0.167. The number of rotatable bonds is 3. The minimum absolute atomic E-state index is 0.272. The summed E-state index contributed by atoms with van der Waals surface area (Å²) in [6.45, 7) is 1.65. The number of anilines is 1. The van der Waals surface area contributed by atoms with E-state index in [0.29, 0.717) is 17.2 Å². The molecule has 2 heterocycles.